The summed E-state index contributed by atoms with van der Waals surface area (Å²) in [6, 6.07) is 66.0. The molecule has 0 atom stereocenters. The molecule has 0 unspecified atom stereocenters. The number of hydrogen-bond acceptors (Lipinski definition) is 6. The Morgan fingerprint density at radius 3 is 0.696 bits per heavy atom. The minimum atomic E-state index is 0.122. The van der Waals surface area contributed by atoms with Gasteiger partial charge < -0.3 is 28.4 Å². The van der Waals surface area contributed by atoms with Crippen LogP contribution in [0.5, 0.6) is 34.5 Å². The maximum atomic E-state index is 6.38. The van der Waals surface area contributed by atoms with E-state index in [0.29, 0.717) is 0 Å². The molecule has 0 radical (unpaired) electrons. The zero-order valence-electron chi connectivity index (χ0n) is 36.9. The lowest BCUT2D eigenvalue weighted by atomic mass is 9.88. The van der Waals surface area contributed by atoms with Gasteiger partial charge in [-0.3, -0.25) is 0 Å². The molecule has 0 spiro atoms. The highest BCUT2D eigenvalue weighted by atomic mass is 16.7. The third kappa shape index (κ3) is 5.37. The van der Waals surface area contributed by atoms with E-state index in [0.717, 1.165) is 166 Å². The molecule has 3 aliphatic heterocycles. The van der Waals surface area contributed by atoms with Crippen molar-refractivity contribution in [3.8, 4) is 101 Å². The van der Waals surface area contributed by atoms with E-state index in [1.165, 1.54) is 0 Å². The molecule has 12 aromatic carbocycles. The van der Waals surface area contributed by atoms with Crippen molar-refractivity contribution < 1.29 is 28.4 Å². The molecule has 26 rings (SSSR count). The predicted molar refractivity (Wildman–Crippen MR) is 276 cm³/mol. The van der Waals surface area contributed by atoms with Gasteiger partial charge in [-0.05, 0) is 171 Å². The molecule has 22 bridgehead atoms. The zero-order chi connectivity index (χ0) is 44.9. The number of hydrogen-bond donors (Lipinski definition) is 0. The SMILES string of the molecule is c1cc2c3c4ccc2cc1-c1ccc2c5c(ccc2c1)OCOc1ccc2cc(ccc2c1-5)-c1ccc2ccc5c(c2c1)-c1c(ccc2cc(ccc12)-c1ccc2c-3c(ccc2c1)OCO4)OCO5. The first-order valence-corrected chi connectivity index (χ1v) is 23.3. The summed E-state index contributed by atoms with van der Waals surface area (Å²) in [4.78, 5) is 0. The summed E-state index contributed by atoms with van der Waals surface area (Å²) in [7, 11) is 0. The van der Waals surface area contributed by atoms with Crippen molar-refractivity contribution in [3.05, 3.63) is 182 Å². The van der Waals surface area contributed by atoms with Crippen molar-refractivity contribution in [3.63, 3.8) is 0 Å². The van der Waals surface area contributed by atoms with Gasteiger partial charge in [0.1, 0.15) is 34.5 Å². The Labute approximate surface area is 395 Å². The number of benzene rings is 12. The van der Waals surface area contributed by atoms with Crippen LogP contribution in [0.4, 0.5) is 0 Å². The van der Waals surface area contributed by atoms with Crippen LogP contribution in [0.25, 0.3) is 131 Å². The highest BCUT2D eigenvalue weighted by Gasteiger charge is 2.27. The summed E-state index contributed by atoms with van der Waals surface area (Å²) in [5.74, 6) is 4.79. The highest BCUT2D eigenvalue weighted by Crippen LogP contribution is 2.52. The lowest BCUT2D eigenvalue weighted by Crippen LogP contribution is -2.03. The monoisotopic (exact) mass is 888 g/mol. The van der Waals surface area contributed by atoms with Crippen molar-refractivity contribution in [1.29, 1.82) is 0 Å². The van der Waals surface area contributed by atoms with Crippen molar-refractivity contribution in [2.75, 3.05) is 20.4 Å². The van der Waals surface area contributed by atoms with Crippen LogP contribution >= 0.6 is 0 Å². The normalized spacial score (nSPS) is 13.7. The fourth-order valence-electron chi connectivity index (χ4n) is 11.7. The smallest absolute Gasteiger partial charge is 0.230 e. The summed E-state index contributed by atoms with van der Waals surface area (Å²) >= 11 is 0. The average molecular weight is 889 g/mol. The second-order valence-electron chi connectivity index (χ2n) is 18.5. The molecular formula is C63H36O6. The summed E-state index contributed by atoms with van der Waals surface area (Å²) in [5.41, 5.74) is 12.9. The molecule has 0 aromatic heterocycles. The first kappa shape index (κ1) is 37.1. The molecule has 324 valence electrons. The molecule has 0 amide bonds. The van der Waals surface area contributed by atoms with Crippen molar-refractivity contribution in [2.45, 2.75) is 0 Å². The van der Waals surface area contributed by atoms with Crippen LogP contribution in [0.1, 0.15) is 0 Å². The third-order valence-corrected chi connectivity index (χ3v) is 14.9. The minimum absolute atomic E-state index is 0.122. The van der Waals surface area contributed by atoms with E-state index in [4.69, 9.17) is 28.4 Å². The van der Waals surface area contributed by atoms with Gasteiger partial charge in [0.05, 0.1) is 0 Å². The Balaban J connectivity index is 0.985. The molecule has 6 heteroatoms. The summed E-state index contributed by atoms with van der Waals surface area (Å²) < 4.78 is 38.1. The van der Waals surface area contributed by atoms with E-state index >= 15 is 0 Å². The third-order valence-electron chi connectivity index (χ3n) is 14.9. The van der Waals surface area contributed by atoms with Gasteiger partial charge in [0.25, 0.3) is 0 Å². The van der Waals surface area contributed by atoms with Crippen molar-refractivity contribution in [2.24, 2.45) is 0 Å². The van der Waals surface area contributed by atoms with Gasteiger partial charge in [0.15, 0.2) is 0 Å². The van der Waals surface area contributed by atoms with Crippen LogP contribution in [-0.2, 0) is 0 Å². The largest absolute Gasteiger partial charge is 0.457 e. The van der Waals surface area contributed by atoms with E-state index in [2.05, 4.69) is 182 Å². The van der Waals surface area contributed by atoms with Gasteiger partial charge in [-0.2, -0.15) is 0 Å². The van der Waals surface area contributed by atoms with E-state index < -0.39 is 0 Å². The zero-order valence-corrected chi connectivity index (χ0v) is 36.9. The summed E-state index contributed by atoms with van der Waals surface area (Å²) in [6.07, 6.45) is 0. The van der Waals surface area contributed by atoms with Crippen LogP contribution in [0.15, 0.2) is 182 Å². The Bertz CT molecular complexity index is 4300. The van der Waals surface area contributed by atoms with Crippen LogP contribution in [0.2, 0.25) is 0 Å². The van der Waals surface area contributed by atoms with Gasteiger partial charge >= 0.3 is 0 Å². The molecule has 69 heavy (non-hydrogen) atoms. The standard InChI is InChI=1S/C63H36O6/c1-2-40-30-51-34(1)8-19-57-63(51)62-50-17-6-38(28-44(50)13-24-56(62)68-33-69-57)37-5-16-47-43(27-37)10-21-53-59(47)58-46-14-3-35(25-41(46)9-20-52(58)64-31-65-53)36-4-15-48-42(26-36)11-22-54-60(48)61-49-18-7-39(40)29-45(49)12-23-55(61)67-32-66-54/h1-30H,31-33H2. The lowest BCUT2D eigenvalue weighted by Gasteiger charge is -2.16. The Hall–Kier alpha value is -9.00. The molecule has 14 aliphatic rings. The first-order valence-electron chi connectivity index (χ1n) is 23.3. The molecule has 0 fully saturated rings. The van der Waals surface area contributed by atoms with Crippen molar-refractivity contribution >= 4 is 64.6 Å². The maximum Gasteiger partial charge on any atom is 0.230 e. The van der Waals surface area contributed by atoms with E-state index in [1.807, 2.05) is 0 Å². The Morgan fingerprint density at radius 1 is 0.188 bits per heavy atom. The number of ether oxygens (including phenoxy) is 6. The summed E-state index contributed by atoms with van der Waals surface area (Å²) in [6.45, 7) is 0.380. The van der Waals surface area contributed by atoms with Gasteiger partial charge in [-0.15, -0.1) is 0 Å². The van der Waals surface area contributed by atoms with Crippen LogP contribution < -0.4 is 28.4 Å². The van der Waals surface area contributed by atoms with E-state index in [1.54, 1.807) is 0 Å². The maximum absolute atomic E-state index is 6.38. The molecular weight excluding hydrogens is 853 g/mol. The molecule has 11 aliphatic carbocycles. The first-order chi connectivity index (χ1) is 34.1. The van der Waals surface area contributed by atoms with Crippen LogP contribution in [0, 0.1) is 0 Å². The Morgan fingerprint density at radius 2 is 0.406 bits per heavy atom. The van der Waals surface area contributed by atoms with Gasteiger partial charge in [0, 0.05) is 33.4 Å². The minimum Gasteiger partial charge on any atom is -0.457 e. The molecule has 0 saturated carbocycles. The Kier molecular flexibility index (Phi) is 7.42. The quantitative estimate of drug-likeness (QED) is 0.151. The number of rotatable bonds is 0. The van der Waals surface area contributed by atoms with E-state index in [9.17, 15) is 0 Å². The molecule has 3 heterocycles. The highest BCUT2D eigenvalue weighted by molar-refractivity contribution is 6.15. The van der Waals surface area contributed by atoms with Gasteiger partial charge in [0.2, 0.25) is 20.4 Å². The van der Waals surface area contributed by atoms with Crippen molar-refractivity contribution in [1.82, 2.24) is 0 Å². The van der Waals surface area contributed by atoms with E-state index in [-0.39, 0.29) is 20.4 Å². The van der Waals surface area contributed by atoms with Gasteiger partial charge in [-0.1, -0.05) is 109 Å². The average Bonchev–Trinajstić information content (AvgIpc) is 3.82. The second kappa shape index (κ2) is 13.8. The van der Waals surface area contributed by atoms with Gasteiger partial charge in [-0.25, -0.2) is 0 Å². The fourth-order valence-corrected chi connectivity index (χ4v) is 11.7. The fraction of sp³-hybridized carbons (Fsp3) is 0.0476. The van der Waals surface area contributed by atoms with Crippen LogP contribution in [-0.4, -0.2) is 20.4 Å². The summed E-state index contributed by atoms with van der Waals surface area (Å²) in [5, 5.41) is 13.3. The molecule has 12 aromatic rings. The molecule has 0 saturated heterocycles. The predicted octanol–water partition coefficient (Wildman–Crippen LogP) is 16.1. The van der Waals surface area contributed by atoms with Crippen LogP contribution in [0.3, 0.4) is 0 Å². The molecule has 0 N–H and O–H groups in total. The lowest BCUT2D eigenvalue weighted by molar-refractivity contribution is 0.124. The second-order valence-corrected chi connectivity index (χ2v) is 18.5. The topological polar surface area (TPSA) is 55.4 Å². The molecule has 6 nitrogen and oxygen atoms in total.